The van der Waals surface area contributed by atoms with Gasteiger partial charge in [-0.3, -0.25) is 9.48 Å². The first-order valence-corrected chi connectivity index (χ1v) is 9.27. The third-order valence-electron chi connectivity index (χ3n) is 5.11. The molecule has 0 bridgehead atoms. The van der Waals surface area contributed by atoms with E-state index in [1.165, 1.54) is 16.5 Å². The van der Waals surface area contributed by atoms with E-state index >= 15 is 0 Å². The van der Waals surface area contributed by atoms with Crippen molar-refractivity contribution in [1.29, 1.82) is 0 Å². The second-order valence-electron chi connectivity index (χ2n) is 7.40. The number of aryl methyl sites for hydroxylation is 3. The van der Waals surface area contributed by atoms with Crippen LogP contribution in [0, 0.1) is 12.8 Å². The molecule has 26 heavy (non-hydrogen) atoms. The van der Waals surface area contributed by atoms with Gasteiger partial charge in [0.2, 0.25) is 5.91 Å². The lowest BCUT2D eigenvalue weighted by Crippen LogP contribution is -2.31. The van der Waals surface area contributed by atoms with Crippen molar-refractivity contribution in [1.82, 2.24) is 20.1 Å². The summed E-state index contributed by atoms with van der Waals surface area (Å²) in [5.41, 5.74) is 4.72. The molecule has 1 aromatic carbocycles. The normalized spacial score (nSPS) is 12.7. The van der Waals surface area contributed by atoms with Crippen molar-refractivity contribution in [2.24, 2.45) is 13.0 Å². The number of fused-ring (bicyclic) bond motifs is 1. The predicted octanol–water partition coefficient (Wildman–Crippen LogP) is 3.70. The maximum absolute atomic E-state index is 12.4. The minimum Gasteiger partial charge on any atom is -0.361 e. The summed E-state index contributed by atoms with van der Waals surface area (Å²) in [6, 6.07) is 8.40. The Kier molecular flexibility index (Phi) is 5.45. The molecule has 1 atom stereocenters. The number of rotatable bonds is 7. The SMILES string of the molecule is Cc1ccc2[nH]cc(CCC(=O)NCC(c3ccnn3C)C(C)C)c2c1. The van der Waals surface area contributed by atoms with Crippen LogP contribution in [0.2, 0.25) is 0 Å². The van der Waals surface area contributed by atoms with Crippen LogP contribution in [0.15, 0.2) is 36.7 Å². The van der Waals surface area contributed by atoms with Gasteiger partial charge >= 0.3 is 0 Å². The summed E-state index contributed by atoms with van der Waals surface area (Å²) >= 11 is 0. The van der Waals surface area contributed by atoms with Crippen LogP contribution in [0.25, 0.3) is 10.9 Å². The fourth-order valence-corrected chi connectivity index (χ4v) is 3.49. The molecule has 5 heteroatoms. The summed E-state index contributed by atoms with van der Waals surface area (Å²) in [6.45, 7) is 7.09. The van der Waals surface area contributed by atoms with Crippen LogP contribution >= 0.6 is 0 Å². The monoisotopic (exact) mass is 352 g/mol. The Bertz CT molecular complexity index is 890. The van der Waals surface area contributed by atoms with Gasteiger partial charge in [-0.2, -0.15) is 5.10 Å². The van der Waals surface area contributed by atoms with E-state index in [-0.39, 0.29) is 11.8 Å². The number of carbonyl (C=O) groups excluding carboxylic acids is 1. The Labute approximate surface area is 154 Å². The zero-order valence-electron chi connectivity index (χ0n) is 16.0. The van der Waals surface area contributed by atoms with Crippen molar-refractivity contribution in [3.8, 4) is 0 Å². The molecule has 2 N–H and O–H groups in total. The number of aromatic amines is 1. The number of H-pyrrole nitrogens is 1. The number of hydrogen-bond acceptors (Lipinski definition) is 2. The minimum absolute atomic E-state index is 0.0971. The molecule has 2 heterocycles. The summed E-state index contributed by atoms with van der Waals surface area (Å²) in [6.07, 6.45) is 5.07. The van der Waals surface area contributed by atoms with Crippen molar-refractivity contribution in [3.05, 3.63) is 53.5 Å². The average molecular weight is 352 g/mol. The van der Waals surface area contributed by atoms with Crippen LogP contribution in [0.1, 0.15) is 43.0 Å². The standard InChI is InChI=1S/C21H28N4O/c1-14(2)18(20-9-10-24-25(20)4)13-23-21(26)8-6-16-12-22-19-7-5-15(3)11-17(16)19/h5,7,9-12,14,18,22H,6,8,13H2,1-4H3,(H,23,26). The Hall–Kier alpha value is -2.56. The lowest BCUT2D eigenvalue weighted by molar-refractivity contribution is -0.121. The van der Waals surface area contributed by atoms with Gasteiger partial charge in [-0.15, -0.1) is 0 Å². The lowest BCUT2D eigenvalue weighted by atomic mass is 9.92. The molecule has 138 valence electrons. The van der Waals surface area contributed by atoms with Crippen molar-refractivity contribution >= 4 is 16.8 Å². The van der Waals surface area contributed by atoms with Gasteiger partial charge in [0.1, 0.15) is 0 Å². The largest absolute Gasteiger partial charge is 0.361 e. The van der Waals surface area contributed by atoms with Crippen molar-refractivity contribution in [3.63, 3.8) is 0 Å². The van der Waals surface area contributed by atoms with E-state index in [0.717, 1.165) is 17.6 Å². The molecule has 3 aromatic rings. The molecule has 0 aliphatic rings. The summed E-state index contributed by atoms with van der Waals surface area (Å²) in [4.78, 5) is 15.7. The first kappa shape index (κ1) is 18.2. The molecule has 0 saturated carbocycles. The molecule has 0 aliphatic carbocycles. The predicted molar refractivity (Wildman–Crippen MR) is 105 cm³/mol. The molecule has 5 nitrogen and oxygen atoms in total. The zero-order valence-corrected chi connectivity index (χ0v) is 16.0. The molecule has 0 radical (unpaired) electrons. The van der Waals surface area contributed by atoms with Crippen LogP contribution in [0.5, 0.6) is 0 Å². The third-order valence-corrected chi connectivity index (χ3v) is 5.11. The molecule has 0 saturated heterocycles. The molecular weight excluding hydrogens is 324 g/mol. The van der Waals surface area contributed by atoms with E-state index in [1.807, 2.05) is 30.2 Å². The topological polar surface area (TPSA) is 62.7 Å². The average Bonchev–Trinajstić information content (AvgIpc) is 3.19. The fraction of sp³-hybridized carbons (Fsp3) is 0.429. The van der Waals surface area contributed by atoms with Gasteiger partial charge < -0.3 is 10.3 Å². The van der Waals surface area contributed by atoms with Gasteiger partial charge in [0.25, 0.3) is 0 Å². The lowest BCUT2D eigenvalue weighted by Gasteiger charge is -2.21. The zero-order chi connectivity index (χ0) is 18.7. The molecule has 2 aromatic heterocycles. The van der Waals surface area contributed by atoms with Gasteiger partial charge in [0.05, 0.1) is 0 Å². The van der Waals surface area contributed by atoms with Crippen molar-refractivity contribution in [2.75, 3.05) is 6.54 Å². The number of amides is 1. The van der Waals surface area contributed by atoms with Gasteiger partial charge in [-0.05, 0) is 43.0 Å². The van der Waals surface area contributed by atoms with E-state index in [9.17, 15) is 4.79 Å². The number of carbonyl (C=O) groups is 1. The number of nitrogens with zero attached hydrogens (tertiary/aromatic N) is 2. The van der Waals surface area contributed by atoms with Crippen molar-refractivity contribution < 1.29 is 4.79 Å². The number of benzene rings is 1. The van der Waals surface area contributed by atoms with E-state index in [4.69, 9.17) is 0 Å². The summed E-state index contributed by atoms with van der Waals surface area (Å²) in [5, 5.41) is 8.58. The van der Waals surface area contributed by atoms with Gasteiger partial charge in [0.15, 0.2) is 0 Å². The van der Waals surface area contributed by atoms with Crippen LogP contribution in [0.3, 0.4) is 0 Å². The van der Waals surface area contributed by atoms with E-state index < -0.39 is 0 Å². The minimum atomic E-state index is 0.0971. The van der Waals surface area contributed by atoms with E-state index in [0.29, 0.717) is 18.9 Å². The first-order valence-electron chi connectivity index (χ1n) is 9.27. The highest BCUT2D eigenvalue weighted by Crippen LogP contribution is 2.23. The second kappa shape index (κ2) is 7.77. The Morgan fingerprint density at radius 3 is 2.81 bits per heavy atom. The maximum Gasteiger partial charge on any atom is 0.220 e. The summed E-state index contributed by atoms with van der Waals surface area (Å²) in [5.74, 6) is 0.796. The van der Waals surface area contributed by atoms with Gasteiger partial charge in [-0.25, -0.2) is 0 Å². The Morgan fingerprint density at radius 2 is 2.12 bits per heavy atom. The number of nitrogens with one attached hydrogen (secondary N) is 2. The van der Waals surface area contributed by atoms with Gasteiger partial charge in [0, 0.05) is 54.9 Å². The third kappa shape index (κ3) is 3.98. The quantitative estimate of drug-likeness (QED) is 0.681. The summed E-state index contributed by atoms with van der Waals surface area (Å²) in [7, 11) is 1.95. The Balaban J connectivity index is 1.58. The first-order chi connectivity index (χ1) is 12.5. The highest BCUT2D eigenvalue weighted by molar-refractivity contribution is 5.84. The van der Waals surface area contributed by atoms with Crippen molar-refractivity contribution in [2.45, 2.75) is 39.5 Å². The Morgan fingerprint density at radius 1 is 1.31 bits per heavy atom. The second-order valence-corrected chi connectivity index (χ2v) is 7.40. The fourth-order valence-electron chi connectivity index (χ4n) is 3.49. The highest BCUT2D eigenvalue weighted by atomic mass is 16.1. The van der Waals surface area contributed by atoms with E-state index in [1.54, 1.807) is 0 Å². The molecule has 3 rings (SSSR count). The number of aromatic nitrogens is 3. The number of hydrogen-bond donors (Lipinski definition) is 2. The molecule has 1 unspecified atom stereocenters. The molecule has 0 spiro atoms. The van der Waals surface area contributed by atoms with Crippen LogP contribution in [0.4, 0.5) is 0 Å². The maximum atomic E-state index is 12.4. The smallest absolute Gasteiger partial charge is 0.220 e. The van der Waals surface area contributed by atoms with E-state index in [2.05, 4.69) is 54.4 Å². The van der Waals surface area contributed by atoms with Crippen LogP contribution in [-0.4, -0.2) is 27.2 Å². The van der Waals surface area contributed by atoms with Crippen LogP contribution in [-0.2, 0) is 18.3 Å². The molecule has 0 aliphatic heterocycles. The van der Waals surface area contributed by atoms with Gasteiger partial charge in [-0.1, -0.05) is 25.5 Å². The molecular formula is C21H28N4O. The highest BCUT2D eigenvalue weighted by Gasteiger charge is 2.19. The molecule has 1 amide bonds. The van der Waals surface area contributed by atoms with Crippen LogP contribution < -0.4 is 5.32 Å². The molecule has 0 fully saturated rings. The summed E-state index contributed by atoms with van der Waals surface area (Å²) < 4.78 is 1.89.